The number of halogens is 1. The van der Waals surface area contributed by atoms with Gasteiger partial charge in [0.15, 0.2) is 11.4 Å². The third kappa shape index (κ3) is 1.50. The predicted molar refractivity (Wildman–Crippen MR) is 48.1 cm³/mol. The van der Waals surface area contributed by atoms with Gasteiger partial charge in [-0.1, -0.05) is 6.07 Å². The maximum Gasteiger partial charge on any atom is 0.420 e. The van der Waals surface area contributed by atoms with Crippen LogP contribution >= 0.6 is 0 Å². The van der Waals surface area contributed by atoms with Crippen molar-refractivity contribution in [3.8, 4) is 0 Å². The van der Waals surface area contributed by atoms with E-state index in [0.717, 1.165) is 10.6 Å². The normalized spacial score (nSPS) is 10.7. The second-order valence-electron chi connectivity index (χ2n) is 2.93. The Hall–Kier alpha value is -2.11. The average molecular weight is 211 g/mol. The van der Waals surface area contributed by atoms with Crippen LogP contribution in [-0.2, 0) is 11.3 Å². The van der Waals surface area contributed by atoms with E-state index in [0.29, 0.717) is 0 Å². The molecule has 0 aliphatic carbocycles. The van der Waals surface area contributed by atoms with Gasteiger partial charge in [-0.05, 0) is 12.1 Å². The fourth-order valence-electron chi connectivity index (χ4n) is 1.36. The highest BCUT2D eigenvalue weighted by molar-refractivity contribution is 5.76. The van der Waals surface area contributed by atoms with Gasteiger partial charge in [0.05, 0.1) is 0 Å². The molecule has 5 nitrogen and oxygen atoms in total. The standard InChI is InChI=1S/C9H6FNO4/c10-5-2-1-3-6-8(5)11(4-7(12)13)9(14)15-6/h1-3H,4H2,(H,12,13). The number of carboxylic acids is 1. The molecule has 78 valence electrons. The molecule has 1 N–H and O–H groups in total. The lowest BCUT2D eigenvalue weighted by Gasteiger charge is -1.97. The fraction of sp³-hybridized carbons (Fsp3) is 0.111. The number of para-hydroxylation sites is 1. The maximum absolute atomic E-state index is 13.3. The summed E-state index contributed by atoms with van der Waals surface area (Å²) in [6.07, 6.45) is 0. The Bertz CT molecular complexity index is 583. The van der Waals surface area contributed by atoms with Crippen molar-refractivity contribution in [1.82, 2.24) is 4.57 Å². The Kier molecular flexibility index (Phi) is 2.03. The summed E-state index contributed by atoms with van der Waals surface area (Å²) in [6, 6.07) is 3.92. The number of benzene rings is 1. The largest absolute Gasteiger partial charge is 0.480 e. The van der Waals surface area contributed by atoms with Crippen molar-refractivity contribution in [2.24, 2.45) is 0 Å². The van der Waals surface area contributed by atoms with Crippen molar-refractivity contribution >= 4 is 17.1 Å². The Balaban J connectivity index is 2.76. The Morgan fingerprint density at radius 2 is 2.27 bits per heavy atom. The summed E-state index contributed by atoms with van der Waals surface area (Å²) in [4.78, 5) is 21.6. The van der Waals surface area contributed by atoms with E-state index in [1.807, 2.05) is 0 Å². The zero-order chi connectivity index (χ0) is 11.0. The van der Waals surface area contributed by atoms with Crippen molar-refractivity contribution in [1.29, 1.82) is 0 Å². The van der Waals surface area contributed by atoms with Crippen molar-refractivity contribution in [3.05, 3.63) is 34.6 Å². The monoisotopic (exact) mass is 211 g/mol. The number of carboxylic acid groups (broad SMARTS) is 1. The number of rotatable bonds is 2. The second-order valence-corrected chi connectivity index (χ2v) is 2.93. The number of nitrogens with zero attached hydrogens (tertiary/aromatic N) is 1. The molecule has 0 bridgehead atoms. The molecule has 2 aromatic rings. The topological polar surface area (TPSA) is 72.4 Å². The van der Waals surface area contributed by atoms with Crippen LogP contribution in [0.4, 0.5) is 4.39 Å². The third-order valence-electron chi connectivity index (χ3n) is 1.93. The molecule has 0 fully saturated rings. The highest BCUT2D eigenvalue weighted by atomic mass is 19.1. The number of oxazole rings is 1. The van der Waals surface area contributed by atoms with Crippen LogP contribution in [0.15, 0.2) is 27.4 Å². The number of aliphatic carboxylic acids is 1. The SMILES string of the molecule is O=C(O)Cn1c(=O)oc2cccc(F)c21. The lowest BCUT2D eigenvalue weighted by atomic mass is 10.3. The lowest BCUT2D eigenvalue weighted by Crippen LogP contribution is -2.19. The zero-order valence-corrected chi connectivity index (χ0v) is 7.44. The van der Waals surface area contributed by atoms with Gasteiger partial charge < -0.3 is 9.52 Å². The van der Waals surface area contributed by atoms with Crippen LogP contribution in [-0.4, -0.2) is 15.6 Å². The van der Waals surface area contributed by atoms with Gasteiger partial charge in [0.1, 0.15) is 12.1 Å². The predicted octanol–water partition coefficient (Wildman–Crippen LogP) is 0.818. The van der Waals surface area contributed by atoms with E-state index in [1.165, 1.54) is 12.1 Å². The van der Waals surface area contributed by atoms with E-state index in [9.17, 15) is 14.0 Å². The van der Waals surface area contributed by atoms with Crippen LogP contribution in [0, 0.1) is 5.82 Å². The highest BCUT2D eigenvalue weighted by Gasteiger charge is 2.14. The van der Waals surface area contributed by atoms with Crippen molar-refractivity contribution in [2.75, 3.05) is 0 Å². The van der Waals surface area contributed by atoms with Crippen LogP contribution in [0.2, 0.25) is 0 Å². The van der Waals surface area contributed by atoms with Gasteiger partial charge in [0.25, 0.3) is 0 Å². The van der Waals surface area contributed by atoms with Crippen LogP contribution in [0.1, 0.15) is 0 Å². The first-order chi connectivity index (χ1) is 7.09. The Labute approximate surface area is 82.3 Å². The molecule has 0 radical (unpaired) electrons. The molecule has 0 amide bonds. The summed E-state index contributed by atoms with van der Waals surface area (Å²) in [5, 5.41) is 8.54. The number of fused-ring (bicyclic) bond motifs is 1. The summed E-state index contributed by atoms with van der Waals surface area (Å²) >= 11 is 0. The van der Waals surface area contributed by atoms with Gasteiger partial charge in [-0.2, -0.15) is 0 Å². The molecule has 0 unspecified atom stereocenters. The van der Waals surface area contributed by atoms with Gasteiger partial charge in [-0.3, -0.25) is 9.36 Å². The zero-order valence-electron chi connectivity index (χ0n) is 7.44. The van der Waals surface area contributed by atoms with Crippen LogP contribution in [0.5, 0.6) is 0 Å². The molecule has 0 spiro atoms. The Morgan fingerprint density at radius 3 is 2.93 bits per heavy atom. The third-order valence-corrected chi connectivity index (χ3v) is 1.93. The molecule has 0 saturated heterocycles. The minimum absolute atomic E-state index is 0.0428. The number of carbonyl (C=O) groups is 1. The van der Waals surface area contributed by atoms with Crippen LogP contribution < -0.4 is 5.76 Å². The summed E-state index contributed by atoms with van der Waals surface area (Å²) in [5.74, 6) is -2.79. The first kappa shape index (κ1) is 9.45. The van der Waals surface area contributed by atoms with Gasteiger partial charge >= 0.3 is 11.7 Å². The summed E-state index contributed by atoms with van der Waals surface area (Å²) in [5.41, 5.74) is -0.0776. The number of hydrogen-bond acceptors (Lipinski definition) is 3. The summed E-state index contributed by atoms with van der Waals surface area (Å²) < 4.78 is 18.7. The first-order valence-electron chi connectivity index (χ1n) is 4.09. The smallest absolute Gasteiger partial charge is 0.420 e. The average Bonchev–Trinajstić information content (AvgIpc) is 2.43. The molecule has 1 aromatic heterocycles. The molecule has 0 atom stereocenters. The van der Waals surface area contributed by atoms with Crippen molar-refractivity contribution < 1.29 is 18.7 Å². The summed E-state index contributed by atoms with van der Waals surface area (Å²) in [6.45, 7) is -0.618. The molecular weight excluding hydrogens is 205 g/mol. The molecule has 6 heteroatoms. The van der Waals surface area contributed by atoms with E-state index in [-0.39, 0.29) is 11.1 Å². The van der Waals surface area contributed by atoms with Crippen LogP contribution in [0.25, 0.3) is 11.1 Å². The van der Waals surface area contributed by atoms with E-state index < -0.39 is 24.1 Å². The molecule has 0 aliphatic rings. The molecule has 0 saturated carbocycles. The Morgan fingerprint density at radius 1 is 1.53 bits per heavy atom. The van der Waals surface area contributed by atoms with Crippen molar-refractivity contribution in [3.63, 3.8) is 0 Å². The lowest BCUT2D eigenvalue weighted by molar-refractivity contribution is -0.137. The van der Waals surface area contributed by atoms with Gasteiger partial charge in [0.2, 0.25) is 0 Å². The maximum atomic E-state index is 13.3. The molecule has 1 heterocycles. The van der Waals surface area contributed by atoms with Crippen LogP contribution in [0.3, 0.4) is 0 Å². The molecule has 0 aliphatic heterocycles. The van der Waals surface area contributed by atoms with Gasteiger partial charge in [-0.15, -0.1) is 0 Å². The van der Waals surface area contributed by atoms with E-state index in [4.69, 9.17) is 5.11 Å². The molecule has 15 heavy (non-hydrogen) atoms. The van der Waals surface area contributed by atoms with E-state index in [1.54, 1.807) is 0 Å². The molecule has 2 rings (SSSR count). The quantitative estimate of drug-likeness (QED) is 0.798. The number of aromatic nitrogens is 1. The minimum atomic E-state index is -1.23. The number of hydrogen-bond donors (Lipinski definition) is 1. The first-order valence-corrected chi connectivity index (χ1v) is 4.09. The molecule has 1 aromatic carbocycles. The molecular formula is C9H6FNO4. The highest BCUT2D eigenvalue weighted by Crippen LogP contribution is 2.15. The fourth-order valence-corrected chi connectivity index (χ4v) is 1.36. The van der Waals surface area contributed by atoms with Crippen molar-refractivity contribution in [2.45, 2.75) is 6.54 Å². The minimum Gasteiger partial charge on any atom is -0.480 e. The van der Waals surface area contributed by atoms with E-state index >= 15 is 0 Å². The van der Waals surface area contributed by atoms with E-state index in [2.05, 4.69) is 4.42 Å². The second kappa shape index (κ2) is 3.23. The summed E-state index contributed by atoms with van der Waals surface area (Å²) in [7, 11) is 0. The van der Waals surface area contributed by atoms with Gasteiger partial charge in [-0.25, -0.2) is 9.18 Å². The van der Waals surface area contributed by atoms with Gasteiger partial charge in [0, 0.05) is 0 Å².